The van der Waals surface area contributed by atoms with Gasteiger partial charge in [0.1, 0.15) is 5.60 Å². The fourth-order valence-corrected chi connectivity index (χ4v) is 2.99. The highest BCUT2D eigenvalue weighted by Gasteiger charge is 2.36. The van der Waals surface area contributed by atoms with Gasteiger partial charge in [0.05, 0.1) is 0 Å². The average Bonchev–Trinajstić information content (AvgIpc) is 2.81. The van der Waals surface area contributed by atoms with Crippen molar-refractivity contribution in [2.24, 2.45) is 0 Å². The van der Waals surface area contributed by atoms with Crippen molar-refractivity contribution in [1.29, 1.82) is 0 Å². The second-order valence-electron chi connectivity index (χ2n) is 7.08. The maximum Gasteiger partial charge on any atom is 0.102 e. The summed E-state index contributed by atoms with van der Waals surface area (Å²) in [6.07, 6.45) is 2.20. The highest BCUT2D eigenvalue weighted by atomic mass is 16.3. The number of hydrogen-bond donors (Lipinski definition) is 2. The van der Waals surface area contributed by atoms with Crippen molar-refractivity contribution in [3.05, 3.63) is 34.9 Å². The molecule has 2 heteroatoms. The van der Waals surface area contributed by atoms with Crippen molar-refractivity contribution in [2.45, 2.75) is 64.5 Å². The summed E-state index contributed by atoms with van der Waals surface area (Å²) in [4.78, 5) is 0. The summed E-state index contributed by atoms with van der Waals surface area (Å²) in [5.74, 6) is 0. The molecular weight excluding hydrogens is 234 g/mol. The zero-order valence-electron chi connectivity index (χ0n) is 12.9. The van der Waals surface area contributed by atoms with Crippen molar-refractivity contribution in [3.8, 4) is 0 Å². The van der Waals surface area contributed by atoms with E-state index in [-0.39, 0.29) is 11.5 Å². The molecule has 2 nitrogen and oxygen atoms in total. The molecule has 106 valence electrons. The Morgan fingerprint density at radius 3 is 2.42 bits per heavy atom. The van der Waals surface area contributed by atoms with Gasteiger partial charge in [-0.25, -0.2) is 0 Å². The van der Waals surface area contributed by atoms with E-state index in [1.54, 1.807) is 0 Å². The first-order valence-electron chi connectivity index (χ1n) is 7.30. The minimum Gasteiger partial charge on any atom is -0.384 e. The number of nitrogens with one attached hydrogen (secondary N) is 1. The van der Waals surface area contributed by atoms with Gasteiger partial charge in [-0.1, -0.05) is 39.0 Å². The summed E-state index contributed by atoms with van der Waals surface area (Å²) in [7, 11) is 0. The van der Waals surface area contributed by atoms with E-state index in [0.717, 1.165) is 24.9 Å². The van der Waals surface area contributed by atoms with Crippen LogP contribution in [0.25, 0.3) is 0 Å². The molecule has 2 atom stereocenters. The maximum atomic E-state index is 11.0. The van der Waals surface area contributed by atoms with E-state index in [1.165, 1.54) is 11.1 Å². The fourth-order valence-electron chi connectivity index (χ4n) is 2.99. The Morgan fingerprint density at radius 2 is 1.89 bits per heavy atom. The Hall–Kier alpha value is -0.860. The van der Waals surface area contributed by atoms with Gasteiger partial charge in [0.2, 0.25) is 0 Å². The first-order valence-corrected chi connectivity index (χ1v) is 7.30. The number of benzene rings is 1. The van der Waals surface area contributed by atoms with E-state index in [2.05, 4.69) is 51.2 Å². The molecule has 1 fully saturated rings. The minimum absolute atomic E-state index is 0.113. The Bertz CT molecular complexity index is 451. The third-order valence-electron chi connectivity index (χ3n) is 4.39. The summed E-state index contributed by atoms with van der Waals surface area (Å²) < 4.78 is 0. The van der Waals surface area contributed by atoms with Crippen LogP contribution in [0.5, 0.6) is 0 Å². The average molecular weight is 261 g/mol. The maximum absolute atomic E-state index is 11.0. The van der Waals surface area contributed by atoms with Crippen LogP contribution >= 0.6 is 0 Å². The SMILES string of the molecule is Cc1ccc(C(C)(C)C)cc1C(C)(O)C1CCCN1. The monoisotopic (exact) mass is 261 g/mol. The highest BCUT2D eigenvalue weighted by Crippen LogP contribution is 2.34. The highest BCUT2D eigenvalue weighted by molar-refractivity contribution is 5.38. The third kappa shape index (κ3) is 2.85. The fraction of sp³-hybridized carbons (Fsp3) is 0.647. The number of aliphatic hydroxyl groups is 1. The van der Waals surface area contributed by atoms with E-state index in [0.29, 0.717) is 0 Å². The molecule has 1 aliphatic heterocycles. The molecule has 0 saturated carbocycles. The van der Waals surface area contributed by atoms with Gasteiger partial charge in [-0.15, -0.1) is 0 Å². The smallest absolute Gasteiger partial charge is 0.102 e. The molecule has 0 radical (unpaired) electrons. The van der Waals surface area contributed by atoms with Gasteiger partial charge in [-0.2, -0.15) is 0 Å². The van der Waals surface area contributed by atoms with Crippen molar-refractivity contribution in [1.82, 2.24) is 5.32 Å². The van der Waals surface area contributed by atoms with Gasteiger partial charge in [-0.05, 0) is 55.3 Å². The predicted octanol–water partition coefficient (Wildman–Crippen LogP) is 3.25. The molecule has 0 spiro atoms. The molecule has 1 aliphatic rings. The van der Waals surface area contributed by atoms with Crippen LogP contribution in [-0.2, 0) is 11.0 Å². The number of rotatable bonds is 2. The van der Waals surface area contributed by atoms with Crippen molar-refractivity contribution >= 4 is 0 Å². The van der Waals surface area contributed by atoms with Crippen LogP contribution in [-0.4, -0.2) is 17.7 Å². The standard InChI is InChI=1S/C17H27NO/c1-12-8-9-13(16(2,3)4)11-14(12)17(5,19)15-7-6-10-18-15/h8-9,11,15,18-19H,6-7,10H2,1-5H3. The lowest BCUT2D eigenvalue weighted by molar-refractivity contribution is 0.0211. The van der Waals surface area contributed by atoms with Gasteiger partial charge >= 0.3 is 0 Å². The molecule has 1 aromatic rings. The Morgan fingerprint density at radius 1 is 1.21 bits per heavy atom. The van der Waals surface area contributed by atoms with Crippen LogP contribution in [0, 0.1) is 6.92 Å². The quantitative estimate of drug-likeness (QED) is 0.856. The van der Waals surface area contributed by atoms with Crippen LogP contribution in [0.2, 0.25) is 0 Å². The minimum atomic E-state index is -0.790. The Labute approximate surface area is 117 Å². The van der Waals surface area contributed by atoms with Crippen LogP contribution in [0.4, 0.5) is 0 Å². The van der Waals surface area contributed by atoms with E-state index < -0.39 is 5.60 Å². The first-order chi connectivity index (χ1) is 8.73. The summed E-state index contributed by atoms with van der Waals surface area (Å²) in [5, 5.41) is 14.4. The molecule has 0 bridgehead atoms. The lowest BCUT2D eigenvalue weighted by atomic mass is 9.79. The van der Waals surface area contributed by atoms with E-state index in [4.69, 9.17) is 0 Å². The van der Waals surface area contributed by atoms with Crippen molar-refractivity contribution in [3.63, 3.8) is 0 Å². The van der Waals surface area contributed by atoms with Crippen LogP contribution in [0.15, 0.2) is 18.2 Å². The molecule has 19 heavy (non-hydrogen) atoms. The molecule has 1 saturated heterocycles. The molecule has 0 aliphatic carbocycles. The Balaban J connectivity index is 2.42. The summed E-state index contributed by atoms with van der Waals surface area (Å²) >= 11 is 0. The van der Waals surface area contributed by atoms with Gasteiger partial charge < -0.3 is 10.4 Å². The van der Waals surface area contributed by atoms with E-state index in [9.17, 15) is 5.11 Å². The zero-order valence-corrected chi connectivity index (χ0v) is 12.9. The van der Waals surface area contributed by atoms with Gasteiger partial charge in [0.15, 0.2) is 0 Å². The Kier molecular flexibility index (Phi) is 3.76. The van der Waals surface area contributed by atoms with Crippen molar-refractivity contribution < 1.29 is 5.11 Å². The lowest BCUT2D eigenvalue weighted by Gasteiger charge is -2.33. The predicted molar refractivity (Wildman–Crippen MR) is 80.5 cm³/mol. The zero-order chi connectivity index (χ0) is 14.3. The normalized spacial score (nSPS) is 23.4. The molecule has 0 aromatic heterocycles. The van der Waals surface area contributed by atoms with Crippen LogP contribution in [0.3, 0.4) is 0 Å². The van der Waals surface area contributed by atoms with Gasteiger partial charge in [0, 0.05) is 6.04 Å². The second-order valence-corrected chi connectivity index (χ2v) is 7.08. The van der Waals surface area contributed by atoms with E-state index >= 15 is 0 Å². The lowest BCUT2D eigenvalue weighted by Crippen LogP contribution is -2.43. The number of aryl methyl sites for hydroxylation is 1. The summed E-state index contributed by atoms with van der Waals surface area (Å²) in [6, 6.07) is 6.67. The first kappa shape index (κ1) is 14.5. The second kappa shape index (κ2) is 4.92. The van der Waals surface area contributed by atoms with Crippen LogP contribution in [0.1, 0.15) is 57.2 Å². The summed E-state index contributed by atoms with van der Waals surface area (Å²) in [5.41, 5.74) is 2.85. The summed E-state index contributed by atoms with van der Waals surface area (Å²) in [6.45, 7) is 11.7. The third-order valence-corrected chi connectivity index (χ3v) is 4.39. The largest absolute Gasteiger partial charge is 0.384 e. The topological polar surface area (TPSA) is 32.3 Å². The molecule has 0 amide bonds. The number of hydrogen-bond acceptors (Lipinski definition) is 2. The molecule has 1 heterocycles. The molecule has 1 aromatic carbocycles. The van der Waals surface area contributed by atoms with Gasteiger partial charge in [0.25, 0.3) is 0 Å². The van der Waals surface area contributed by atoms with Gasteiger partial charge in [-0.3, -0.25) is 0 Å². The molecule has 2 rings (SSSR count). The molecular formula is C17H27NO. The molecule has 2 N–H and O–H groups in total. The van der Waals surface area contributed by atoms with Crippen molar-refractivity contribution in [2.75, 3.05) is 6.54 Å². The van der Waals surface area contributed by atoms with E-state index in [1.807, 2.05) is 6.92 Å². The molecule has 2 unspecified atom stereocenters. The van der Waals surface area contributed by atoms with Crippen LogP contribution < -0.4 is 5.32 Å².